The molecule has 0 aliphatic carbocycles. The van der Waals surface area contributed by atoms with Gasteiger partial charge in [0.25, 0.3) is 0 Å². The van der Waals surface area contributed by atoms with Crippen molar-refractivity contribution >= 4 is 11.6 Å². The van der Waals surface area contributed by atoms with Crippen LogP contribution >= 0.6 is 11.6 Å². The predicted molar refractivity (Wildman–Crippen MR) is 65.7 cm³/mol. The predicted octanol–water partition coefficient (Wildman–Crippen LogP) is 3.60. The summed E-state index contributed by atoms with van der Waals surface area (Å²) in [4.78, 5) is 0. The third-order valence-electron chi connectivity index (χ3n) is 2.87. The summed E-state index contributed by atoms with van der Waals surface area (Å²) in [6, 6.07) is 7.76. The van der Waals surface area contributed by atoms with Gasteiger partial charge in [-0.05, 0) is 48.2 Å². The van der Waals surface area contributed by atoms with E-state index in [1.54, 1.807) is 6.26 Å². The zero-order valence-electron chi connectivity index (χ0n) is 9.33. The Morgan fingerprint density at radius 3 is 2.50 bits per heavy atom. The molecular weight excluding hydrogens is 222 g/mol. The smallest absolute Gasteiger partial charge is 0.198 e. The monoisotopic (exact) mass is 235 g/mol. The van der Waals surface area contributed by atoms with Gasteiger partial charge in [-0.15, -0.1) is 0 Å². The molecular formula is C13H14ClNO. The van der Waals surface area contributed by atoms with Crippen LogP contribution < -0.4 is 5.73 Å². The molecule has 2 rings (SSSR count). The largest absolute Gasteiger partial charge is 0.453 e. The van der Waals surface area contributed by atoms with Gasteiger partial charge < -0.3 is 10.2 Å². The van der Waals surface area contributed by atoms with Crippen LogP contribution in [0.25, 0.3) is 0 Å². The number of hydrogen-bond donors (Lipinski definition) is 1. The van der Waals surface area contributed by atoms with E-state index in [2.05, 4.69) is 26.0 Å². The molecule has 1 unspecified atom stereocenters. The lowest BCUT2D eigenvalue weighted by molar-refractivity contribution is 0.564. The van der Waals surface area contributed by atoms with Crippen LogP contribution in [0.3, 0.4) is 0 Å². The summed E-state index contributed by atoms with van der Waals surface area (Å²) in [6.45, 7) is 4.15. The highest BCUT2D eigenvalue weighted by Crippen LogP contribution is 2.28. The van der Waals surface area contributed by atoms with Crippen molar-refractivity contribution < 1.29 is 4.42 Å². The lowest BCUT2D eigenvalue weighted by Gasteiger charge is -2.12. The summed E-state index contributed by atoms with van der Waals surface area (Å²) in [5.74, 6) is 0. The van der Waals surface area contributed by atoms with Crippen LogP contribution in [0.1, 0.15) is 28.3 Å². The number of nitrogens with two attached hydrogens (primary N) is 1. The molecule has 0 spiro atoms. The molecule has 1 atom stereocenters. The molecule has 84 valence electrons. The highest BCUT2D eigenvalue weighted by Gasteiger charge is 2.14. The van der Waals surface area contributed by atoms with Gasteiger partial charge in [0.15, 0.2) is 5.22 Å². The van der Waals surface area contributed by atoms with Crippen molar-refractivity contribution in [2.45, 2.75) is 19.9 Å². The van der Waals surface area contributed by atoms with Gasteiger partial charge in [-0.2, -0.15) is 0 Å². The molecule has 0 bridgehead atoms. The third kappa shape index (κ3) is 1.99. The minimum absolute atomic E-state index is 0.231. The number of aryl methyl sites for hydroxylation is 2. The Morgan fingerprint density at radius 2 is 1.94 bits per heavy atom. The SMILES string of the molecule is Cc1ccc(C(N)c2ccoc2Cl)cc1C. The minimum Gasteiger partial charge on any atom is -0.453 e. The van der Waals surface area contributed by atoms with Gasteiger partial charge in [-0.25, -0.2) is 0 Å². The van der Waals surface area contributed by atoms with Crippen LogP contribution in [0, 0.1) is 13.8 Å². The van der Waals surface area contributed by atoms with E-state index < -0.39 is 0 Å². The van der Waals surface area contributed by atoms with Gasteiger partial charge in [0.1, 0.15) is 0 Å². The van der Waals surface area contributed by atoms with Gasteiger partial charge in [0.2, 0.25) is 0 Å². The van der Waals surface area contributed by atoms with E-state index >= 15 is 0 Å². The first-order valence-electron chi connectivity index (χ1n) is 5.15. The Hall–Kier alpha value is -1.25. The molecule has 2 N–H and O–H groups in total. The van der Waals surface area contributed by atoms with E-state index in [1.807, 2.05) is 12.1 Å². The molecule has 0 amide bonds. The van der Waals surface area contributed by atoms with Crippen molar-refractivity contribution in [2.24, 2.45) is 5.73 Å². The van der Waals surface area contributed by atoms with E-state index in [0.717, 1.165) is 11.1 Å². The van der Waals surface area contributed by atoms with Crippen LogP contribution in [0.5, 0.6) is 0 Å². The van der Waals surface area contributed by atoms with Gasteiger partial charge in [0, 0.05) is 5.56 Å². The first-order chi connectivity index (χ1) is 7.59. The maximum Gasteiger partial charge on any atom is 0.198 e. The van der Waals surface area contributed by atoms with Crippen LogP contribution in [-0.2, 0) is 0 Å². The minimum atomic E-state index is -0.231. The van der Waals surface area contributed by atoms with Gasteiger partial charge in [-0.3, -0.25) is 0 Å². The molecule has 0 aliphatic rings. The van der Waals surface area contributed by atoms with E-state index in [9.17, 15) is 0 Å². The summed E-state index contributed by atoms with van der Waals surface area (Å²) in [7, 11) is 0. The normalized spacial score (nSPS) is 12.8. The first kappa shape index (κ1) is 11.2. The lowest BCUT2D eigenvalue weighted by atomic mass is 9.98. The van der Waals surface area contributed by atoms with Crippen LogP contribution in [0.2, 0.25) is 5.22 Å². The summed E-state index contributed by atoms with van der Waals surface area (Å²) >= 11 is 5.91. The molecule has 0 aliphatic heterocycles. The Labute approximate surface area is 100 Å². The van der Waals surface area contributed by atoms with Gasteiger partial charge >= 0.3 is 0 Å². The second-order valence-corrected chi connectivity index (χ2v) is 4.31. The van der Waals surface area contributed by atoms with Gasteiger partial charge in [-0.1, -0.05) is 18.2 Å². The molecule has 0 radical (unpaired) electrons. The van der Waals surface area contributed by atoms with Crippen LogP contribution in [0.4, 0.5) is 0 Å². The number of halogens is 1. The van der Waals surface area contributed by atoms with Crippen LogP contribution in [0.15, 0.2) is 34.9 Å². The highest BCUT2D eigenvalue weighted by molar-refractivity contribution is 6.29. The van der Waals surface area contributed by atoms with Crippen molar-refractivity contribution in [2.75, 3.05) is 0 Å². The van der Waals surface area contributed by atoms with Crippen molar-refractivity contribution in [1.82, 2.24) is 0 Å². The molecule has 1 aromatic heterocycles. The topological polar surface area (TPSA) is 39.2 Å². The Bertz CT molecular complexity index is 504. The number of rotatable bonds is 2. The standard InChI is InChI=1S/C13H14ClNO/c1-8-3-4-10(7-9(8)2)12(15)11-5-6-16-13(11)14/h3-7,12H,15H2,1-2H3. The van der Waals surface area contributed by atoms with Crippen molar-refractivity contribution in [1.29, 1.82) is 0 Å². The number of benzene rings is 1. The van der Waals surface area contributed by atoms with E-state index in [-0.39, 0.29) is 6.04 Å². The Morgan fingerprint density at radius 1 is 1.19 bits per heavy atom. The van der Waals surface area contributed by atoms with Crippen molar-refractivity contribution in [3.63, 3.8) is 0 Å². The lowest BCUT2D eigenvalue weighted by Crippen LogP contribution is -2.11. The van der Waals surface area contributed by atoms with E-state index in [0.29, 0.717) is 5.22 Å². The average molecular weight is 236 g/mol. The highest BCUT2D eigenvalue weighted by atomic mass is 35.5. The zero-order chi connectivity index (χ0) is 11.7. The van der Waals surface area contributed by atoms with E-state index in [4.69, 9.17) is 21.8 Å². The molecule has 0 saturated heterocycles. The Balaban J connectivity index is 2.38. The maximum absolute atomic E-state index is 6.14. The average Bonchev–Trinajstić information content (AvgIpc) is 2.67. The Kier molecular flexibility index (Phi) is 3.03. The van der Waals surface area contributed by atoms with Crippen LogP contribution in [-0.4, -0.2) is 0 Å². The fourth-order valence-corrected chi connectivity index (χ4v) is 1.90. The summed E-state index contributed by atoms with van der Waals surface area (Å²) in [5, 5.41) is 0.366. The summed E-state index contributed by atoms with van der Waals surface area (Å²) in [5.41, 5.74) is 10.5. The van der Waals surface area contributed by atoms with Gasteiger partial charge in [0.05, 0.1) is 12.3 Å². The number of hydrogen-bond acceptors (Lipinski definition) is 2. The molecule has 2 aromatic rings. The molecule has 2 nitrogen and oxygen atoms in total. The second kappa shape index (κ2) is 4.32. The van der Waals surface area contributed by atoms with E-state index in [1.165, 1.54) is 11.1 Å². The molecule has 16 heavy (non-hydrogen) atoms. The first-order valence-corrected chi connectivity index (χ1v) is 5.53. The third-order valence-corrected chi connectivity index (χ3v) is 3.18. The number of furan rings is 1. The maximum atomic E-state index is 6.14. The fourth-order valence-electron chi connectivity index (χ4n) is 1.66. The summed E-state index contributed by atoms with van der Waals surface area (Å²) in [6.07, 6.45) is 1.55. The van der Waals surface area contributed by atoms with Crippen molar-refractivity contribution in [3.8, 4) is 0 Å². The second-order valence-electron chi connectivity index (χ2n) is 3.97. The molecule has 0 fully saturated rings. The molecule has 3 heteroatoms. The molecule has 0 saturated carbocycles. The quantitative estimate of drug-likeness (QED) is 0.864. The van der Waals surface area contributed by atoms with Crippen molar-refractivity contribution in [3.05, 3.63) is 58.0 Å². The fraction of sp³-hybridized carbons (Fsp3) is 0.231. The molecule has 1 aromatic carbocycles. The molecule has 1 heterocycles. The zero-order valence-corrected chi connectivity index (χ0v) is 10.1. The summed E-state index contributed by atoms with van der Waals surface area (Å²) < 4.78 is 5.05.